The number of ether oxygens (including phenoxy) is 1. The van der Waals surface area contributed by atoms with Crippen LogP contribution in [0, 0.1) is 0 Å². The molecule has 3 aliphatic carbocycles. The van der Waals surface area contributed by atoms with Crippen molar-refractivity contribution < 1.29 is 14.3 Å². The summed E-state index contributed by atoms with van der Waals surface area (Å²) >= 11 is 0. The van der Waals surface area contributed by atoms with E-state index in [0.29, 0.717) is 5.56 Å². The second-order valence-corrected chi connectivity index (χ2v) is 8.68. The van der Waals surface area contributed by atoms with Crippen LogP contribution in [0.25, 0.3) is 5.69 Å². The maximum Gasteiger partial charge on any atom is 0.408 e. The summed E-state index contributed by atoms with van der Waals surface area (Å²) in [5.41, 5.74) is 0.462. The molecule has 3 fully saturated rings. The normalized spacial score (nSPS) is 25.7. The highest BCUT2D eigenvalue weighted by Gasteiger charge is 2.69. The van der Waals surface area contributed by atoms with Crippen molar-refractivity contribution in [3.8, 4) is 5.69 Å². The molecule has 0 spiro atoms. The first kappa shape index (κ1) is 17.6. The monoisotopic (exact) mass is 368 g/mol. The van der Waals surface area contributed by atoms with Crippen molar-refractivity contribution in [3.05, 3.63) is 48.3 Å². The molecule has 3 aliphatic rings. The minimum Gasteiger partial charge on any atom is -0.444 e. The average Bonchev–Trinajstić information content (AvgIpc) is 3.00. The number of para-hydroxylation sites is 1. The van der Waals surface area contributed by atoms with Gasteiger partial charge in [-0.15, -0.1) is 0 Å². The maximum atomic E-state index is 12.6. The number of benzene rings is 1. The predicted molar refractivity (Wildman–Crippen MR) is 99.7 cm³/mol. The summed E-state index contributed by atoms with van der Waals surface area (Å²) < 4.78 is 7.00. The molecule has 2 amide bonds. The number of nitrogens with one attached hydrogen (secondary N) is 2. The van der Waals surface area contributed by atoms with Crippen molar-refractivity contribution in [3.63, 3.8) is 0 Å². The Labute approximate surface area is 158 Å². The minimum absolute atomic E-state index is 0.136. The fourth-order valence-corrected chi connectivity index (χ4v) is 4.05. The fraction of sp³-hybridized carbons (Fsp3) is 0.450. The van der Waals surface area contributed by atoms with E-state index in [1.807, 2.05) is 51.1 Å². The molecule has 0 atom stereocenters. The van der Waals surface area contributed by atoms with Gasteiger partial charge in [-0.2, -0.15) is 5.10 Å². The summed E-state index contributed by atoms with van der Waals surface area (Å²) in [6.45, 7) is 5.52. The third-order valence-corrected chi connectivity index (χ3v) is 5.04. The van der Waals surface area contributed by atoms with E-state index in [1.54, 1.807) is 17.1 Å². The molecule has 1 heterocycles. The van der Waals surface area contributed by atoms with E-state index in [0.717, 1.165) is 24.9 Å². The van der Waals surface area contributed by atoms with Gasteiger partial charge in [0, 0.05) is 11.7 Å². The third-order valence-electron chi connectivity index (χ3n) is 5.04. The van der Waals surface area contributed by atoms with Gasteiger partial charge >= 0.3 is 6.09 Å². The van der Waals surface area contributed by atoms with Crippen molar-refractivity contribution in [2.75, 3.05) is 0 Å². The second kappa shape index (κ2) is 5.84. The summed E-state index contributed by atoms with van der Waals surface area (Å²) in [6, 6.07) is 9.65. The second-order valence-electron chi connectivity index (χ2n) is 8.68. The molecule has 2 aromatic rings. The smallest absolute Gasteiger partial charge is 0.408 e. The van der Waals surface area contributed by atoms with E-state index in [1.165, 1.54) is 0 Å². The molecule has 3 saturated carbocycles. The summed E-state index contributed by atoms with van der Waals surface area (Å²) in [5, 5.41) is 10.3. The Bertz CT molecular complexity index is 862. The van der Waals surface area contributed by atoms with Gasteiger partial charge in [0.2, 0.25) is 0 Å². The average molecular weight is 368 g/mol. The molecule has 27 heavy (non-hydrogen) atoms. The Morgan fingerprint density at radius 2 is 1.70 bits per heavy atom. The number of alkyl carbamates (subject to hydrolysis) is 1. The molecule has 7 nitrogen and oxygen atoms in total. The predicted octanol–water partition coefficient (Wildman–Crippen LogP) is 2.80. The molecule has 0 saturated heterocycles. The number of nitrogens with zero attached hydrogens (tertiary/aromatic N) is 2. The Hall–Kier alpha value is -2.83. The summed E-state index contributed by atoms with van der Waals surface area (Å²) in [4.78, 5) is 24.5. The number of carbonyl (C=O) groups excluding carboxylic acids is 2. The van der Waals surface area contributed by atoms with Crippen LogP contribution >= 0.6 is 0 Å². The van der Waals surface area contributed by atoms with E-state index >= 15 is 0 Å². The van der Waals surface area contributed by atoms with E-state index < -0.39 is 11.7 Å². The number of rotatable bonds is 4. The number of carbonyl (C=O) groups is 2. The zero-order valence-electron chi connectivity index (χ0n) is 15.8. The summed E-state index contributed by atoms with van der Waals surface area (Å²) in [6.07, 6.45) is 5.10. The quantitative estimate of drug-likeness (QED) is 0.869. The van der Waals surface area contributed by atoms with Crippen LogP contribution in [0.2, 0.25) is 0 Å². The molecule has 1 aromatic carbocycles. The number of hydrogen-bond donors (Lipinski definition) is 2. The summed E-state index contributed by atoms with van der Waals surface area (Å²) in [7, 11) is 0. The van der Waals surface area contributed by atoms with Crippen LogP contribution in [-0.2, 0) is 4.74 Å². The lowest BCUT2D eigenvalue weighted by molar-refractivity contribution is -0.0969. The zero-order valence-corrected chi connectivity index (χ0v) is 15.8. The molecule has 0 aliphatic heterocycles. The first-order chi connectivity index (χ1) is 12.7. The van der Waals surface area contributed by atoms with Gasteiger partial charge < -0.3 is 15.4 Å². The molecule has 2 N–H and O–H groups in total. The van der Waals surface area contributed by atoms with Gasteiger partial charge in [0.25, 0.3) is 5.91 Å². The first-order valence-electron chi connectivity index (χ1n) is 9.12. The van der Waals surface area contributed by atoms with Crippen molar-refractivity contribution in [1.29, 1.82) is 0 Å². The van der Waals surface area contributed by atoms with Gasteiger partial charge in [-0.3, -0.25) is 4.79 Å². The number of hydrogen-bond acceptors (Lipinski definition) is 4. The van der Waals surface area contributed by atoms with Gasteiger partial charge in [0.05, 0.1) is 23.0 Å². The zero-order chi connectivity index (χ0) is 19.3. The van der Waals surface area contributed by atoms with Crippen LogP contribution in [-0.4, -0.2) is 38.5 Å². The first-order valence-corrected chi connectivity index (χ1v) is 9.12. The largest absolute Gasteiger partial charge is 0.444 e. The van der Waals surface area contributed by atoms with Crippen LogP contribution in [0.4, 0.5) is 4.79 Å². The Balaban J connectivity index is 1.32. The van der Waals surface area contributed by atoms with Crippen LogP contribution < -0.4 is 10.6 Å². The van der Waals surface area contributed by atoms with Crippen molar-refractivity contribution in [2.45, 2.75) is 56.7 Å². The number of amides is 2. The Morgan fingerprint density at radius 3 is 2.33 bits per heavy atom. The molecule has 142 valence electrons. The number of aromatic nitrogens is 2. The molecular weight excluding hydrogens is 344 g/mol. The van der Waals surface area contributed by atoms with E-state index in [4.69, 9.17) is 4.74 Å². The topological polar surface area (TPSA) is 85.2 Å². The van der Waals surface area contributed by atoms with Gasteiger partial charge in [0.15, 0.2) is 0 Å². The Kier molecular flexibility index (Phi) is 3.80. The maximum absolute atomic E-state index is 12.6. The van der Waals surface area contributed by atoms with Crippen molar-refractivity contribution >= 4 is 12.0 Å². The highest BCUT2D eigenvalue weighted by atomic mass is 16.6. The SMILES string of the molecule is CC(C)(C)OC(=O)NC12CC(NC(=O)c3cnn(-c4ccccc4)c3)(C1)C2. The van der Waals surface area contributed by atoms with Crippen molar-refractivity contribution in [1.82, 2.24) is 20.4 Å². The minimum atomic E-state index is -0.515. The molecule has 2 bridgehead atoms. The molecule has 5 rings (SSSR count). The summed E-state index contributed by atoms with van der Waals surface area (Å²) in [5.74, 6) is -0.136. The lowest BCUT2D eigenvalue weighted by atomic mass is 9.44. The lowest BCUT2D eigenvalue weighted by Crippen LogP contribution is -2.83. The fourth-order valence-electron chi connectivity index (χ4n) is 4.05. The van der Waals surface area contributed by atoms with Crippen LogP contribution in [0.15, 0.2) is 42.7 Å². The van der Waals surface area contributed by atoms with Gasteiger partial charge in [-0.1, -0.05) is 18.2 Å². The molecule has 7 heteroatoms. The van der Waals surface area contributed by atoms with Gasteiger partial charge in [-0.05, 0) is 52.2 Å². The molecule has 0 radical (unpaired) electrons. The standard InChI is InChI=1S/C20H24N4O3/c1-18(2,3)27-17(26)23-20-11-19(12-20,13-20)22-16(25)14-9-21-24(10-14)15-7-5-4-6-8-15/h4-10H,11-13H2,1-3H3,(H,22,25)(H,23,26). The van der Waals surface area contributed by atoms with E-state index in [-0.39, 0.29) is 17.0 Å². The molecule has 1 aromatic heterocycles. The molecule has 0 unspecified atom stereocenters. The van der Waals surface area contributed by atoms with E-state index in [9.17, 15) is 9.59 Å². The van der Waals surface area contributed by atoms with Gasteiger partial charge in [-0.25, -0.2) is 9.48 Å². The van der Waals surface area contributed by atoms with Crippen LogP contribution in [0.3, 0.4) is 0 Å². The molecular formula is C20H24N4O3. The highest BCUT2D eigenvalue weighted by molar-refractivity contribution is 5.94. The third kappa shape index (κ3) is 3.41. The lowest BCUT2D eigenvalue weighted by Gasteiger charge is -2.70. The van der Waals surface area contributed by atoms with Gasteiger partial charge in [0.1, 0.15) is 5.60 Å². The van der Waals surface area contributed by atoms with Crippen molar-refractivity contribution in [2.24, 2.45) is 0 Å². The van der Waals surface area contributed by atoms with Crippen LogP contribution in [0.1, 0.15) is 50.4 Å². The van der Waals surface area contributed by atoms with Crippen LogP contribution in [0.5, 0.6) is 0 Å². The van der Waals surface area contributed by atoms with E-state index in [2.05, 4.69) is 15.7 Å². The Morgan fingerprint density at radius 1 is 1.07 bits per heavy atom. The highest BCUT2D eigenvalue weighted by Crippen LogP contribution is 2.60.